The van der Waals surface area contributed by atoms with Gasteiger partial charge in [0.1, 0.15) is 5.82 Å². The lowest BCUT2D eigenvalue weighted by molar-refractivity contribution is 0.0827. The highest BCUT2D eigenvalue weighted by Crippen LogP contribution is 2.26. The van der Waals surface area contributed by atoms with Crippen molar-refractivity contribution in [3.8, 4) is 0 Å². The largest absolute Gasteiger partial charge is 0.345 e. The van der Waals surface area contributed by atoms with Gasteiger partial charge in [0.15, 0.2) is 0 Å². The van der Waals surface area contributed by atoms with Gasteiger partial charge in [0.05, 0.1) is 16.9 Å². The molecule has 0 bridgehead atoms. The fraction of sp³-hybridized carbons (Fsp3) is 0.136. The second-order valence-corrected chi connectivity index (χ2v) is 6.63. The van der Waals surface area contributed by atoms with Gasteiger partial charge in [0.25, 0.3) is 11.8 Å². The first-order valence-corrected chi connectivity index (χ1v) is 8.86. The van der Waals surface area contributed by atoms with E-state index in [1.54, 1.807) is 38.4 Å². The van der Waals surface area contributed by atoms with Crippen LogP contribution in [0.25, 0.3) is 0 Å². The Balaban J connectivity index is 1.81. The highest BCUT2D eigenvalue weighted by atomic mass is 16.2. The summed E-state index contributed by atoms with van der Waals surface area (Å²) in [7, 11) is 3.39. The van der Waals surface area contributed by atoms with Crippen molar-refractivity contribution < 1.29 is 9.59 Å². The molecule has 2 amide bonds. The van der Waals surface area contributed by atoms with Crippen LogP contribution in [0.4, 0.5) is 17.2 Å². The van der Waals surface area contributed by atoms with E-state index in [1.165, 1.54) is 11.1 Å². The Kier molecular flexibility index (Phi) is 5.69. The second kappa shape index (κ2) is 8.35. The number of nitrogens with one attached hydrogen (secondary N) is 2. The van der Waals surface area contributed by atoms with Crippen molar-refractivity contribution in [3.05, 3.63) is 83.6 Å². The third kappa shape index (κ3) is 4.54. The van der Waals surface area contributed by atoms with Gasteiger partial charge in [0.2, 0.25) is 0 Å². The van der Waals surface area contributed by atoms with Crippen molar-refractivity contribution in [1.29, 1.82) is 0 Å². The van der Waals surface area contributed by atoms with E-state index < -0.39 is 0 Å². The van der Waals surface area contributed by atoms with Crippen molar-refractivity contribution in [2.45, 2.75) is 6.92 Å². The molecule has 142 valence electrons. The number of benzene rings is 2. The summed E-state index contributed by atoms with van der Waals surface area (Å²) < 4.78 is 0. The summed E-state index contributed by atoms with van der Waals surface area (Å²) in [5.74, 6) is 0.286. The number of carbonyl (C=O) groups is 2. The number of carbonyl (C=O) groups excluding carboxylic acids is 2. The van der Waals surface area contributed by atoms with E-state index in [4.69, 9.17) is 0 Å². The number of hydrogen-bond acceptors (Lipinski definition) is 4. The van der Waals surface area contributed by atoms with Crippen molar-refractivity contribution in [2.24, 2.45) is 0 Å². The molecule has 0 aliphatic rings. The van der Waals surface area contributed by atoms with Crippen LogP contribution >= 0.6 is 0 Å². The smallest absolute Gasteiger partial charge is 0.255 e. The van der Waals surface area contributed by atoms with E-state index in [0.29, 0.717) is 22.6 Å². The van der Waals surface area contributed by atoms with Crippen LogP contribution in [-0.4, -0.2) is 35.8 Å². The molecular formula is C22H22N4O2. The van der Waals surface area contributed by atoms with Crippen LogP contribution in [0.1, 0.15) is 26.3 Å². The molecule has 0 fully saturated rings. The number of pyridine rings is 1. The first-order valence-electron chi connectivity index (χ1n) is 8.86. The van der Waals surface area contributed by atoms with Crippen LogP contribution in [0.5, 0.6) is 0 Å². The van der Waals surface area contributed by atoms with Crippen molar-refractivity contribution in [2.75, 3.05) is 24.7 Å². The van der Waals surface area contributed by atoms with Gasteiger partial charge in [-0.25, -0.2) is 4.98 Å². The maximum atomic E-state index is 12.5. The number of rotatable bonds is 5. The third-order valence-electron chi connectivity index (χ3n) is 4.14. The van der Waals surface area contributed by atoms with Crippen molar-refractivity contribution in [3.63, 3.8) is 0 Å². The molecule has 1 aromatic heterocycles. The fourth-order valence-electron chi connectivity index (χ4n) is 2.65. The van der Waals surface area contributed by atoms with Gasteiger partial charge >= 0.3 is 0 Å². The van der Waals surface area contributed by atoms with Crippen LogP contribution in [0.15, 0.2) is 66.9 Å². The summed E-state index contributed by atoms with van der Waals surface area (Å²) in [4.78, 5) is 30.3. The average Bonchev–Trinajstić information content (AvgIpc) is 2.70. The molecule has 2 aromatic carbocycles. The predicted octanol–water partition coefficient (Wildman–Crippen LogP) is 4.09. The second-order valence-electron chi connectivity index (χ2n) is 6.63. The summed E-state index contributed by atoms with van der Waals surface area (Å²) in [6.45, 7) is 1.97. The summed E-state index contributed by atoms with van der Waals surface area (Å²) in [6, 6.07) is 18.2. The monoisotopic (exact) mass is 374 g/mol. The zero-order valence-corrected chi connectivity index (χ0v) is 16.1. The Bertz CT molecular complexity index is 983. The number of hydrogen-bond donors (Lipinski definition) is 2. The van der Waals surface area contributed by atoms with Gasteiger partial charge in [-0.3, -0.25) is 9.59 Å². The quantitative estimate of drug-likeness (QED) is 0.705. The van der Waals surface area contributed by atoms with Crippen LogP contribution in [0.2, 0.25) is 0 Å². The lowest BCUT2D eigenvalue weighted by atomic mass is 10.1. The Hall–Kier alpha value is -3.67. The van der Waals surface area contributed by atoms with E-state index >= 15 is 0 Å². The highest BCUT2D eigenvalue weighted by molar-refractivity contribution is 6.06. The lowest BCUT2D eigenvalue weighted by Crippen LogP contribution is -2.21. The average molecular weight is 374 g/mol. The van der Waals surface area contributed by atoms with Crippen LogP contribution in [0.3, 0.4) is 0 Å². The minimum atomic E-state index is -0.188. The number of aryl methyl sites for hydroxylation is 1. The Morgan fingerprint density at radius 1 is 0.893 bits per heavy atom. The van der Waals surface area contributed by atoms with Gasteiger partial charge in [-0.05, 0) is 48.9 Å². The summed E-state index contributed by atoms with van der Waals surface area (Å²) >= 11 is 0. The minimum Gasteiger partial charge on any atom is -0.345 e. The molecule has 0 saturated carbocycles. The molecule has 3 aromatic rings. The molecule has 0 saturated heterocycles. The molecule has 6 nitrogen and oxygen atoms in total. The Morgan fingerprint density at radius 2 is 1.64 bits per heavy atom. The third-order valence-corrected chi connectivity index (χ3v) is 4.14. The zero-order chi connectivity index (χ0) is 20.1. The number of amides is 2. The normalized spacial score (nSPS) is 10.2. The van der Waals surface area contributed by atoms with Crippen molar-refractivity contribution in [1.82, 2.24) is 9.88 Å². The Labute approximate surface area is 164 Å². The Morgan fingerprint density at radius 3 is 2.29 bits per heavy atom. The molecule has 2 N–H and O–H groups in total. The van der Waals surface area contributed by atoms with Crippen LogP contribution < -0.4 is 10.6 Å². The molecule has 3 rings (SSSR count). The molecule has 0 atom stereocenters. The SMILES string of the molecule is Cc1ccc(NC(=O)c2ccccc2)c(Nc2ccc(C(=O)N(C)C)cn2)c1. The first-order chi connectivity index (χ1) is 13.4. The van der Waals surface area contributed by atoms with E-state index in [1.807, 2.05) is 43.3 Å². The molecule has 0 aliphatic heterocycles. The van der Waals surface area contributed by atoms with Gasteiger partial charge in [-0.1, -0.05) is 24.3 Å². The summed E-state index contributed by atoms with van der Waals surface area (Å²) in [5.41, 5.74) is 3.51. The molecule has 0 spiro atoms. The highest BCUT2D eigenvalue weighted by Gasteiger charge is 2.11. The maximum absolute atomic E-state index is 12.5. The van der Waals surface area contributed by atoms with E-state index in [9.17, 15) is 9.59 Å². The number of aromatic nitrogens is 1. The fourth-order valence-corrected chi connectivity index (χ4v) is 2.65. The van der Waals surface area contributed by atoms with Crippen molar-refractivity contribution >= 4 is 29.0 Å². The van der Waals surface area contributed by atoms with Gasteiger partial charge in [-0.15, -0.1) is 0 Å². The molecule has 28 heavy (non-hydrogen) atoms. The molecule has 0 radical (unpaired) electrons. The van der Waals surface area contributed by atoms with Gasteiger partial charge < -0.3 is 15.5 Å². The molecular weight excluding hydrogens is 352 g/mol. The zero-order valence-electron chi connectivity index (χ0n) is 16.1. The van der Waals surface area contributed by atoms with E-state index in [2.05, 4.69) is 15.6 Å². The van der Waals surface area contributed by atoms with Gasteiger partial charge in [0, 0.05) is 25.9 Å². The standard InChI is InChI=1S/C22H22N4O2/c1-15-9-11-18(25-21(27)16-7-5-4-6-8-16)19(13-15)24-20-12-10-17(14-23-20)22(28)26(2)3/h4-14H,1-3H3,(H,23,24)(H,25,27). The van der Waals surface area contributed by atoms with E-state index in [-0.39, 0.29) is 11.8 Å². The molecule has 6 heteroatoms. The molecule has 0 unspecified atom stereocenters. The van der Waals surface area contributed by atoms with E-state index in [0.717, 1.165) is 11.3 Å². The van der Waals surface area contributed by atoms with Gasteiger partial charge in [-0.2, -0.15) is 0 Å². The molecule has 0 aliphatic carbocycles. The lowest BCUT2D eigenvalue weighted by Gasteiger charge is -2.14. The summed E-state index contributed by atoms with van der Waals surface area (Å²) in [5, 5.41) is 6.14. The predicted molar refractivity (Wildman–Crippen MR) is 111 cm³/mol. The molecule has 1 heterocycles. The first kappa shape index (κ1) is 19.1. The van der Waals surface area contributed by atoms with Crippen LogP contribution in [-0.2, 0) is 0 Å². The number of nitrogens with zero attached hydrogens (tertiary/aromatic N) is 2. The summed E-state index contributed by atoms with van der Waals surface area (Å²) in [6.07, 6.45) is 1.53. The van der Waals surface area contributed by atoms with Crippen LogP contribution in [0, 0.1) is 6.92 Å². The number of anilines is 3. The maximum Gasteiger partial charge on any atom is 0.255 e. The topological polar surface area (TPSA) is 74.3 Å². The minimum absolute atomic E-state index is 0.106.